The minimum atomic E-state index is 0.0253. The van der Waals surface area contributed by atoms with Gasteiger partial charge in [0.2, 0.25) is 0 Å². The fourth-order valence-electron chi connectivity index (χ4n) is 2.88. The van der Waals surface area contributed by atoms with Crippen LogP contribution < -0.4 is 14.8 Å². The van der Waals surface area contributed by atoms with E-state index in [4.69, 9.17) is 9.47 Å². The molecule has 2 aromatic carbocycles. The van der Waals surface area contributed by atoms with Crippen LogP contribution in [0, 0.1) is 13.8 Å². The van der Waals surface area contributed by atoms with E-state index in [-0.39, 0.29) is 6.04 Å². The van der Waals surface area contributed by atoms with Crippen LogP contribution in [0.4, 0.5) is 0 Å². The Balaban J connectivity index is 2.67. The van der Waals surface area contributed by atoms with Crippen LogP contribution in [0.25, 0.3) is 0 Å². The monoisotopic (exact) mass is 285 g/mol. The van der Waals surface area contributed by atoms with E-state index in [0.717, 1.165) is 17.1 Å². The average molecular weight is 285 g/mol. The highest BCUT2D eigenvalue weighted by atomic mass is 16.5. The molecule has 0 aliphatic rings. The van der Waals surface area contributed by atoms with Crippen LogP contribution in [0.1, 0.15) is 28.3 Å². The van der Waals surface area contributed by atoms with Crippen molar-refractivity contribution in [2.24, 2.45) is 0 Å². The molecule has 2 rings (SSSR count). The van der Waals surface area contributed by atoms with E-state index >= 15 is 0 Å². The van der Waals surface area contributed by atoms with Crippen LogP contribution >= 0.6 is 0 Å². The molecule has 3 heteroatoms. The summed E-state index contributed by atoms with van der Waals surface area (Å²) in [4.78, 5) is 0. The van der Waals surface area contributed by atoms with Gasteiger partial charge in [0.05, 0.1) is 25.8 Å². The van der Waals surface area contributed by atoms with Gasteiger partial charge in [-0.3, -0.25) is 0 Å². The third-order valence-corrected chi connectivity index (χ3v) is 3.87. The summed E-state index contributed by atoms with van der Waals surface area (Å²) < 4.78 is 11.1. The smallest absolute Gasteiger partial charge is 0.127 e. The molecule has 0 heterocycles. The van der Waals surface area contributed by atoms with Crippen molar-refractivity contribution in [2.75, 3.05) is 21.3 Å². The van der Waals surface area contributed by atoms with Crippen molar-refractivity contribution in [1.82, 2.24) is 5.32 Å². The summed E-state index contributed by atoms with van der Waals surface area (Å²) in [6, 6.07) is 12.3. The quantitative estimate of drug-likeness (QED) is 0.910. The summed E-state index contributed by atoms with van der Waals surface area (Å²) in [7, 11) is 5.34. The first kappa shape index (κ1) is 15.4. The lowest BCUT2D eigenvalue weighted by atomic mass is 9.90. The van der Waals surface area contributed by atoms with Crippen LogP contribution in [-0.4, -0.2) is 21.3 Å². The lowest BCUT2D eigenvalue weighted by Crippen LogP contribution is -2.21. The van der Waals surface area contributed by atoms with Gasteiger partial charge in [-0.25, -0.2) is 0 Å². The van der Waals surface area contributed by atoms with Gasteiger partial charge in [0.1, 0.15) is 11.5 Å². The third kappa shape index (κ3) is 2.88. The Bertz CT molecular complexity index is 580. The molecule has 2 aromatic rings. The number of ether oxygens (including phenoxy) is 2. The molecule has 112 valence electrons. The second-order valence-electron chi connectivity index (χ2n) is 5.10. The van der Waals surface area contributed by atoms with Crippen LogP contribution in [0.5, 0.6) is 11.5 Å². The maximum absolute atomic E-state index is 5.55. The predicted molar refractivity (Wildman–Crippen MR) is 86.4 cm³/mol. The van der Waals surface area contributed by atoms with Crippen molar-refractivity contribution < 1.29 is 9.47 Å². The zero-order valence-electron chi connectivity index (χ0n) is 13.4. The zero-order chi connectivity index (χ0) is 15.4. The molecule has 0 saturated carbocycles. The van der Waals surface area contributed by atoms with Gasteiger partial charge >= 0.3 is 0 Å². The van der Waals surface area contributed by atoms with Crippen molar-refractivity contribution in [2.45, 2.75) is 19.9 Å². The third-order valence-electron chi connectivity index (χ3n) is 3.87. The summed E-state index contributed by atoms with van der Waals surface area (Å²) in [5.41, 5.74) is 4.80. The molecular formula is C18H23NO2. The molecule has 0 amide bonds. The maximum atomic E-state index is 5.55. The van der Waals surface area contributed by atoms with E-state index in [1.54, 1.807) is 14.2 Å². The number of aryl methyl sites for hydroxylation is 2. The van der Waals surface area contributed by atoms with Crippen LogP contribution in [0.2, 0.25) is 0 Å². The highest BCUT2D eigenvalue weighted by Gasteiger charge is 2.23. The van der Waals surface area contributed by atoms with Gasteiger partial charge < -0.3 is 14.8 Å². The number of rotatable bonds is 5. The number of hydrogen-bond acceptors (Lipinski definition) is 3. The first-order valence-electron chi connectivity index (χ1n) is 7.08. The Morgan fingerprint density at radius 2 is 1.29 bits per heavy atom. The fourth-order valence-corrected chi connectivity index (χ4v) is 2.88. The molecule has 3 nitrogen and oxygen atoms in total. The van der Waals surface area contributed by atoms with E-state index in [9.17, 15) is 0 Å². The summed E-state index contributed by atoms with van der Waals surface area (Å²) in [6.07, 6.45) is 0. The standard InChI is InChI=1S/C18H23NO2/c1-12-8-6-9-13(2)16(12)18(19-3)17-14(20-4)10-7-11-15(17)21-5/h6-11,18-19H,1-5H3. The Labute approximate surface area is 126 Å². The highest BCUT2D eigenvalue weighted by molar-refractivity contribution is 5.53. The fraction of sp³-hybridized carbons (Fsp3) is 0.333. The number of benzene rings is 2. The first-order chi connectivity index (χ1) is 10.1. The van der Waals surface area contributed by atoms with Crippen LogP contribution in [0.15, 0.2) is 36.4 Å². The Morgan fingerprint density at radius 3 is 1.71 bits per heavy atom. The van der Waals surface area contributed by atoms with Gasteiger partial charge in [-0.05, 0) is 49.7 Å². The van der Waals surface area contributed by atoms with Gasteiger partial charge in [0.15, 0.2) is 0 Å². The number of methoxy groups -OCH3 is 2. The van der Waals surface area contributed by atoms with Gasteiger partial charge in [-0.1, -0.05) is 24.3 Å². The minimum Gasteiger partial charge on any atom is -0.496 e. The van der Waals surface area contributed by atoms with E-state index in [2.05, 4.69) is 37.4 Å². The van der Waals surface area contributed by atoms with Crippen molar-refractivity contribution in [3.05, 3.63) is 58.7 Å². The Hall–Kier alpha value is -2.00. The summed E-state index contributed by atoms with van der Waals surface area (Å²) in [5.74, 6) is 1.66. The maximum Gasteiger partial charge on any atom is 0.127 e. The van der Waals surface area contributed by atoms with Crippen LogP contribution in [-0.2, 0) is 0 Å². The zero-order valence-corrected chi connectivity index (χ0v) is 13.4. The highest BCUT2D eigenvalue weighted by Crippen LogP contribution is 2.39. The van der Waals surface area contributed by atoms with Crippen molar-refractivity contribution in [3.8, 4) is 11.5 Å². The summed E-state index contributed by atoms with van der Waals surface area (Å²) in [5, 5.41) is 3.41. The van der Waals surface area contributed by atoms with E-state index in [1.807, 2.05) is 25.2 Å². The molecule has 0 bridgehead atoms. The molecule has 0 saturated heterocycles. The molecule has 1 N–H and O–H groups in total. The van der Waals surface area contributed by atoms with Gasteiger partial charge in [-0.15, -0.1) is 0 Å². The van der Waals surface area contributed by atoms with E-state index in [1.165, 1.54) is 16.7 Å². The molecule has 0 aliphatic carbocycles. The molecule has 1 unspecified atom stereocenters. The lowest BCUT2D eigenvalue weighted by Gasteiger charge is -2.25. The Kier molecular flexibility index (Phi) is 4.86. The predicted octanol–water partition coefficient (Wildman–Crippen LogP) is 3.63. The molecular weight excluding hydrogens is 262 g/mol. The van der Waals surface area contributed by atoms with Crippen molar-refractivity contribution >= 4 is 0 Å². The molecule has 0 aliphatic heterocycles. The van der Waals surface area contributed by atoms with Gasteiger partial charge in [0.25, 0.3) is 0 Å². The molecule has 21 heavy (non-hydrogen) atoms. The lowest BCUT2D eigenvalue weighted by molar-refractivity contribution is 0.378. The second kappa shape index (κ2) is 6.64. The average Bonchev–Trinajstić information content (AvgIpc) is 2.50. The van der Waals surface area contributed by atoms with Gasteiger partial charge in [0, 0.05) is 0 Å². The second-order valence-corrected chi connectivity index (χ2v) is 5.10. The Morgan fingerprint density at radius 1 is 0.810 bits per heavy atom. The molecule has 0 aromatic heterocycles. The van der Waals surface area contributed by atoms with E-state index < -0.39 is 0 Å². The van der Waals surface area contributed by atoms with Crippen LogP contribution in [0.3, 0.4) is 0 Å². The van der Waals surface area contributed by atoms with E-state index in [0.29, 0.717) is 0 Å². The topological polar surface area (TPSA) is 30.5 Å². The summed E-state index contributed by atoms with van der Waals surface area (Å²) >= 11 is 0. The minimum absolute atomic E-state index is 0.0253. The molecule has 1 atom stereocenters. The van der Waals surface area contributed by atoms with Crippen molar-refractivity contribution in [1.29, 1.82) is 0 Å². The summed E-state index contributed by atoms with van der Waals surface area (Å²) in [6.45, 7) is 4.27. The normalized spacial score (nSPS) is 12.0. The SMILES string of the molecule is CNC(c1c(C)cccc1C)c1c(OC)cccc1OC. The largest absolute Gasteiger partial charge is 0.496 e. The number of nitrogens with one attached hydrogen (secondary N) is 1. The van der Waals surface area contributed by atoms with Gasteiger partial charge in [-0.2, -0.15) is 0 Å². The number of hydrogen-bond donors (Lipinski definition) is 1. The molecule has 0 radical (unpaired) electrons. The molecule has 0 spiro atoms. The molecule has 0 fully saturated rings. The van der Waals surface area contributed by atoms with Crippen molar-refractivity contribution in [3.63, 3.8) is 0 Å². The first-order valence-corrected chi connectivity index (χ1v) is 7.08.